The van der Waals surface area contributed by atoms with Crippen LogP contribution in [0.15, 0.2) is 24.3 Å². The van der Waals surface area contributed by atoms with Gasteiger partial charge in [-0.05, 0) is 30.9 Å². The van der Waals surface area contributed by atoms with Gasteiger partial charge in [-0.25, -0.2) is 10.0 Å². The van der Waals surface area contributed by atoms with E-state index in [0.29, 0.717) is 6.17 Å². The Balaban J connectivity index is 1.90. The number of nitrogens with zero attached hydrogens (tertiary/aromatic N) is 2. The average Bonchev–Trinajstić information content (AvgIpc) is 2.74. The number of hydrogen-bond donors (Lipinski definition) is 0. The molecule has 2 heteroatoms. The minimum atomic E-state index is 0.662. The van der Waals surface area contributed by atoms with Crippen LogP contribution in [-0.2, 0) is 6.42 Å². The predicted molar refractivity (Wildman–Crippen MR) is 58.8 cm³/mol. The Hall–Kier alpha value is -0.860. The van der Waals surface area contributed by atoms with E-state index in [4.69, 9.17) is 0 Å². The zero-order valence-corrected chi connectivity index (χ0v) is 9.20. The van der Waals surface area contributed by atoms with Crippen LogP contribution in [0.4, 0.5) is 0 Å². The molecule has 1 aliphatic rings. The van der Waals surface area contributed by atoms with Crippen LogP contribution in [0.25, 0.3) is 0 Å². The summed E-state index contributed by atoms with van der Waals surface area (Å²) in [4.78, 5) is 0. The summed E-state index contributed by atoms with van der Waals surface area (Å²) in [5.74, 6) is 0. The van der Waals surface area contributed by atoms with Gasteiger partial charge in [0.2, 0.25) is 0 Å². The van der Waals surface area contributed by atoms with Crippen LogP contribution in [-0.4, -0.2) is 30.3 Å². The van der Waals surface area contributed by atoms with Crippen molar-refractivity contribution < 1.29 is 0 Å². The molecule has 2 atom stereocenters. The van der Waals surface area contributed by atoms with Crippen molar-refractivity contribution in [1.82, 2.24) is 10.0 Å². The summed E-state index contributed by atoms with van der Waals surface area (Å²) in [5.41, 5.74) is 2.90. The summed E-state index contributed by atoms with van der Waals surface area (Å²) in [6.45, 7) is 2.19. The number of hydrogen-bond acceptors (Lipinski definition) is 2. The van der Waals surface area contributed by atoms with Gasteiger partial charge in [0.25, 0.3) is 0 Å². The summed E-state index contributed by atoms with van der Waals surface area (Å²) >= 11 is 0. The summed E-state index contributed by atoms with van der Waals surface area (Å²) < 4.78 is 0. The first-order valence-electron chi connectivity index (χ1n) is 5.20. The Labute approximate surface area is 86.1 Å². The van der Waals surface area contributed by atoms with Crippen LogP contribution >= 0.6 is 0 Å². The summed E-state index contributed by atoms with van der Waals surface area (Å²) in [6.07, 6.45) is 3.08. The van der Waals surface area contributed by atoms with Crippen molar-refractivity contribution in [1.29, 1.82) is 0 Å². The molecule has 0 bridgehead atoms. The van der Waals surface area contributed by atoms with Crippen molar-refractivity contribution in [2.75, 3.05) is 14.1 Å². The molecule has 76 valence electrons. The lowest BCUT2D eigenvalue weighted by Crippen LogP contribution is -1.98. The molecule has 2 nitrogen and oxygen atoms in total. The minimum absolute atomic E-state index is 0.662. The topological polar surface area (TPSA) is 6.02 Å². The van der Waals surface area contributed by atoms with Crippen LogP contribution in [0.1, 0.15) is 17.5 Å². The minimum Gasteiger partial charge on any atom is -0.225 e. The third-order valence-electron chi connectivity index (χ3n) is 3.24. The molecule has 14 heavy (non-hydrogen) atoms. The maximum atomic E-state index is 2.28. The van der Waals surface area contributed by atoms with Crippen molar-refractivity contribution in [2.45, 2.75) is 25.9 Å². The molecule has 0 aromatic heterocycles. The molecule has 0 saturated carbocycles. The van der Waals surface area contributed by atoms with E-state index < -0.39 is 0 Å². The number of hydrazine groups is 1. The molecule has 1 saturated heterocycles. The van der Waals surface area contributed by atoms with Crippen LogP contribution < -0.4 is 0 Å². The largest absolute Gasteiger partial charge is 0.225 e. The molecule has 0 amide bonds. The monoisotopic (exact) mass is 190 g/mol. The lowest BCUT2D eigenvalue weighted by molar-refractivity contribution is 0.412. The third kappa shape index (κ3) is 1.81. The van der Waals surface area contributed by atoms with E-state index in [1.54, 1.807) is 0 Å². The van der Waals surface area contributed by atoms with E-state index in [1.165, 1.54) is 24.0 Å². The number of aryl methyl sites for hydroxylation is 2. The molecule has 0 N–H and O–H groups in total. The Morgan fingerprint density at radius 1 is 1.14 bits per heavy atom. The Kier molecular flexibility index (Phi) is 2.57. The van der Waals surface area contributed by atoms with Gasteiger partial charge in [-0.2, -0.15) is 0 Å². The Morgan fingerprint density at radius 2 is 1.79 bits per heavy atom. The normalized spacial score (nSPS) is 30.4. The average molecular weight is 190 g/mol. The van der Waals surface area contributed by atoms with Crippen LogP contribution in [0.3, 0.4) is 0 Å². The highest BCUT2D eigenvalue weighted by molar-refractivity contribution is 5.25. The molecule has 0 radical (unpaired) electrons. The molecule has 2 unspecified atom stereocenters. The van der Waals surface area contributed by atoms with E-state index in [2.05, 4.69) is 55.3 Å². The van der Waals surface area contributed by atoms with Gasteiger partial charge in [-0.3, -0.25) is 0 Å². The van der Waals surface area contributed by atoms with Crippen LogP contribution in [0.2, 0.25) is 0 Å². The predicted octanol–water partition coefficient (Wildman–Crippen LogP) is 2.05. The Bertz CT molecular complexity index is 314. The molecule has 1 heterocycles. The standard InChI is InChI=1S/C12H18N2/c1-10-6-4-5-7-11(10)8-9-12-13(2)14(12)3/h4-7,12H,8-9H2,1-3H3. The van der Waals surface area contributed by atoms with Gasteiger partial charge in [0, 0.05) is 14.1 Å². The van der Waals surface area contributed by atoms with E-state index in [1.807, 2.05) is 0 Å². The molecule has 1 aromatic rings. The fourth-order valence-corrected chi connectivity index (χ4v) is 1.98. The Morgan fingerprint density at radius 3 is 2.36 bits per heavy atom. The lowest BCUT2D eigenvalue weighted by atomic mass is 10.0. The first-order valence-corrected chi connectivity index (χ1v) is 5.20. The van der Waals surface area contributed by atoms with Crippen molar-refractivity contribution >= 4 is 0 Å². The molecule has 0 aliphatic carbocycles. The van der Waals surface area contributed by atoms with Gasteiger partial charge in [0.05, 0.1) is 6.17 Å². The van der Waals surface area contributed by atoms with Crippen LogP contribution in [0.5, 0.6) is 0 Å². The summed E-state index contributed by atoms with van der Waals surface area (Å²) in [5, 5.41) is 4.55. The molecular weight excluding hydrogens is 172 g/mol. The fraction of sp³-hybridized carbons (Fsp3) is 0.500. The smallest absolute Gasteiger partial charge is 0.0891 e. The molecule has 2 rings (SSSR count). The molecule has 1 aromatic carbocycles. The number of rotatable bonds is 3. The second-order valence-corrected chi connectivity index (χ2v) is 4.09. The van der Waals surface area contributed by atoms with Gasteiger partial charge in [0.1, 0.15) is 0 Å². The van der Waals surface area contributed by atoms with Crippen molar-refractivity contribution in [2.24, 2.45) is 0 Å². The van der Waals surface area contributed by atoms with Crippen molar-refractivity contribution in [3.63, 3.8) is 0 Å². The molecule has 1 fully saturated rings. The lowest BCUT2D eigenvalue weighted by Gasteiger charge is -2.03. The fourth-order valence-electron chi connectivity index (χ4n) is 1.98. The summed E-state index contributed by atoms with van der Waals surface area (Å²) in [7, 11) is 4.28. The van der Waals surface area contributed by atoms with E-state index in [9.17, 15) is 0 Å². The second-order valence-electron chi connectivity index (χ2n) is 4.09. The maximum absolute atomic E-state index is 2.28. The van der Waals surface area contributed by atoms with E-state index >= 15 is 0 Å². The zero-order chi connectivity index (χ0) is 10.1. The van der Waals surface area contributed by atoms with Crippen molar-refractivity contribution in [3.8, 4) is 0 Å². The van der Waals surface area contributed by atoms with Crippen LogP contribution in [0, 0.1) is 6.92 Å². The zero-order valence-electron chi connectivity index (χ0n) is 9.20. The quantitative estimate of drug-likeness (QED) is 0.673. The highest BCUT2D eigenvalue weighted by atomic mass is 15.8. The van der Waals surface area contributed by atoms with Gasteiger partial charge >= 0.3 is 0 Å². The summed E-state index contributed by atoms with van der Waals surface area (Å²) in [6, 6.07) is 8.66. The molecule has 0 spiro atoms. The third-order valence-corrected chi connectivity index (χ3v) is 3.24. The first kappa shape index (κ1) is 9.69. The second kappa shape index (κ2) is 3.71. The van der Waals surface area contributed by atoms with E-state index in [0.717, 1.165) is 0 Å². The maximum Gasteiger partial charge on any atom is 0.0891 e. The van der Waals surface area contributed by atoms with Crippen molar-refractivity contribution in [3.05, 3.63) is 35.4 Å². The molecular formula is C12H18N2. The SMILES string of the molecule is Cc1ccccc1CCC1N(C)N1C. The van der Waals surface area contributed by atoms with Gasteiger partial charge in [-0.15, -0.1) is 0 Å². The van der Waals surface area contributed by atoms with Gasteiger partial charge in [-0.1, -0.05) is 24.3 Å². The van der Waals surface area contributed by atoms with E-state index in [-0.39, 0.29) is 0 Å². The number of benzene rings is 1. The highest BCUT2D eigenvalue weighted by Gasteiger charge is 2.36. The first-order chi connectivity index (χ1) is 6.70. The van der Waals surface area contributed by atoms with Gasteiger partial charge in [0.15, 0.2) is 0 Å². The molecule has 1 aliphatic heterocycles. The van der Waals surface area contributed by atoms with Gasteiger partial charge < -0.3 is 0 Å². The highest BCUT2D eigenvalue weighted by Crippen LogP contribution is 2.25.